The molecule has 6 heteroatoms. The Kier molecular flexibility index (Phi) is 5.09. The summed E-state index contributed by atoms with van der Waals surface area (Å²) in [5.74, 6) is -0.585. The van der Waals surface area contributed by atoms with Gasteiger partial charge in [0.1, 0.15) is 0 Å². The van der Waals surface area contributed by atoms with E-state index in [0.717, 1.165) is 26.6 Å². The maximum Gasteiger partial charge on any atom is 0.252 e. The van der Waals surface area contributed by atoms with E-state index in [4.69, 9.17) is 0 Å². The summed E-state index contributed by atoms with van der Waals surface area (Å²) in [5, 5.41) is 6.20. The maximum atomic E-state index is 12.4. The van der Waals surface area contributed by atoms with Crippen molar-refractivity contribution < 1.29 is 9.59 Å². The Morgan fingerprint density at radius 2 is 1.92 bits per heavy atom. The van der Waals surface area contributed by atoms with Crippen molar-refractivity contribution >= 4 is 44.3 Å². The number of hydrogen-bond acceptors (Lipinski definition) is 3. The zero-order chi connectivity index (χ0) is 17.8. The number of benzene rings is 2. The number of nitrogens with zero attached hydrogens (tertiary/aromatic N) is 1. The van der Waals surface area contributed by atoms with Gasteiger partial charge in [0.25, 0.3) is 5.91 Å². The van der Waals surface area contributed by atoms with E-state index < -0.39 is 0 Å². The molecule has 0 radical (unpaired) electrons. The average Bonchev–Trinajstić information content (AvgIpc) is 2.61. The molecule has 0 fully saturated rings. The zero-order valence-electron chi connectivity index (χ0n) is 13.5. The summed E-state index contributed by atoms with van der Waals surface area (Å²) >= 11 is 3.38. The van der Waals surface area contributed by atoms with Crippen molar-refractivity contribution in [1.29, 1.82) is 0 Å². The van der Waals surface area contributed by atoms with Gasteiger partial charge < -0.3 is 10.6 Å². The van der Waals surface area contributed by atoms with E-state index in [0.29, 0.717) is 5.56 Å². The first kappa shape index (κ1) is 17.1. The second kappa shape index (κ2) is 7.44. The van der Waals surface area contributed by atoms with Crippen LogP contribution in [0.2, 0.25) is 0 Å². The summed E-state index contributed by atoms with van der Waals surface area (Å²) in [6.07, 6.45) is 1.59. The van der Waals surface area contributed by atoms with Crippen molar-refractivity contribution in [3.8, 4) is 0 Å². The highest BCUT2D eigenvalue weighted by Gasteiger charge is 2.12. The lowest BCUT2D eigenvalue weighted by atomic mass is 10.1. The van der Waals surface area contributed by atoms with E-state index in [9.17, 15) is 9.59 Å². The first-order valence-corrected chi connectivity index (χ1v) is 8.52. The van der Waals surface area contributed by atoms with Gasteiger partial charge in [0.05, 0.1) is 17.6 Å². The lowest BCUT2D eigenvalue weighted by Crippen LogP contribution is -2.33. The maximum absolute atomic E-state index is 12.4. The predicted octanol–water partition coefficient (Wildman–Crippen LogP) is 3.67. The summed E-state index contributed by atoms with van der Waals surface area (Å²) in [7, 11) is 0. The molecule has 0 aliphatic rings. The Hall–Kier alpha value is -2.73. The number of amides is 2. The fraction of sp³-hybridized carbons (Fsp3) is 0.105. The Balaban J connectivity index is 1.66. The van der Waals surface area contributed by atoms with Crippen molar-refractivity contribution in [2.45, 2.75) is 6.92 Å². The average molecular weight is 398 g/mol. The summed E-state index contributed by atoms with van der Waals surface area (Å²) in [6, 6.07) is 14.6. The molecule has 1 heterocycles. The number of nitrogens with one attached hydrogen (secondary N) is 2. The molecule has 2 N–H and O–H groups in total. The number of aromatic nitrogens is 1. The zero-order valence-corrected chi connectivity index (χ0v) is 15.1. The van der Waals surface area contributed by atoms with Crippen molar-refractivity contribution in [3.63, 3.8) is 0 Å². The van der Waals surface area contributed by atoms with Crippen LogP contribution in [0.5, 0.6) is 0 Å². The minimum atomic E-state index is -0.304. The van der Waals surface area contributed by atoms with E-state index in [1.807, 2.05) is 49.4 Å². The monoisotopic (exact) mass is 397 g/mol. The molecule has 0 aliphatic carbocycles. The van der Waals surface area contributed by atoms with Gasteiger partial charge in [-0.1, -0.05) is 34.1 Å². The van der Waals surface area contributed by atoms with Crippen LogP contribution in [0.25, 0.3) is 10.9 Å². The number of rotatable bonds is 4. The van der Waals surface area contributed by atoms with E-state index in [-0.39, 0.29) is 18.4 Å². The molecule has 3 aromatic rings. The van der Waals surface area contributed by atoms with Crippen LogP contribution in [0, 0.1) is 6.92 Å². The van der Waals surface area contributed by atoms with Crippen LogP contribution in [0.1, 0.15) is 15.9 Å². The van der Waals surface area contributed by atoms with Gasteiger partial charge in [-0.15, -0.1) is 0 Å². The number of aryl methyl sites for hydroxylation is 1. The highest BCUT2D eigenvalue weighted by molar-refractivity contribution is 9.10. The molecule has 0 unspecified atom stereocenters. The first-order chi connectivity index (χ1) is 12.0. The Morgan fingerprint density at radius 3 is 2.72 bits per heavy atom. The third kappa shape index (κ3) is 4.03. The number of anilines is 1. The van der Waals surface area contributed by atoms with Crippen LogP contribution < -0.4 is 10.6 Å². The van der Waals surface area contributed by atoms with Gasteiger partial charge >= 0.3 is 0 Å². The normalized spacial score (nSPS) is 10.5. The van der Waals surface area contributed by atoms with Crippen LogP contribution in [-0.4, -0.2) is 23.3 Å². The lowest BCUT2D eigenvalue weighted by molar-refractivity contribution is -0.115. The highest BCUT2D eigenvalue weighted by Crippen LogP contribution is 2.20. The molecule has 5 nitrogen and oxygen atoms in total. The van der Waals surface area contributed by atoms with Gasteiger partial charge in [-0.05, 0) is 42.8 Å². The Labute approximate surface area is 153 Å². The van der Waals surface area contributed by atoms with Gasteiger partial charge in [0, 0.05) is 21.7 Å². The van der Waals surface area contributed by atoms with Crippen LogP contribution >= 0.6 is 15.9 Å². The number of hydrogen-bond donors (Lipinski definition) is 2. The lowest BCUT2D eigenvalue weighted by Gasteiger charge is -2.10. The second-order valence-electron chi connectivity index (χ2n) is 5.57. The fourth-order valence-corrected chi connectivity index (χ4v) is 2.99. The van der Waals surface area contributed by atoms with E-state index in [1.54, 1.807) is 12.3 Å². The largest absolute Gasteiger partial charge is 0.343 e. The summed E-state index contributed by atoms with van der Waals surface area (Å²) in [6.45, 7) is 1.80. The number of pyridine rings is 1. The highest BCUT2D eigenvalue weighted by atomic mass is 79.9. The van der Waals surface area contributed by atoms with Gasteiger partial charge in [-0.25, -0.2) is 0 Å². The Bertz CT molecular complexity index is 951. The van der Waals surface area contributed by atoms with Crippen LogP contribution in [-0.2, 0) is 4.79 Å². The first-order valence-electron chi connectivity index (χ1n) is 7.72. The SMILES string of the molecule is Cc1cc(Br)ccc1NC(=O)CNC(=O)c1ccnc2ccccc12. The fourth-order valence-electron chi connectivity index (χ4n) is 2.51. The molecular weight excluding hydrogens is 382 g/mol. The second-order valence-corrected chi connectivity index (χ2v) is 6.48. The topological polar surface area (TPSA) is 71.1 Å². The summed E-state index contributed by atoms with van der Waals surface area (Å²) < 4.78 is 0.945. The minimum absolute atomic E-state index is 0.106. The van der Waals surface area contributed by atoms with E-state index in [2.05, 4.69) is 31.5 Å². The Morgan fingerprint density at radius 1 is 1.12 bits per heavy atom. The van der Waals surface area contributed by atoms with E-state index >= 15 is 0 Å². The number of halogens is 1. The van der Waals surface area contributed by atoms with Crippen molar-refractivity contribution in [3.05, 3.63) is 70.3 Å². The number of carbonyl (C=O) groups excluding carboxylic acids is 2. The van der Waals surface area contributed by atoms with Gasteiger partial charge in [-0.3, -0.25) is 14.6 Å². The quantitative estimate of drug-likeness (QED) is 0.705. The minimum Gasteiger partial charge on any atom is -0.343 e. The van der Waals surface area contributed by atoms with Crippen molar-refractivity contribution in [2.24, 2.45) is 0 Å². The van der Waals surface area contributed by atoms with Crippen LogP contribution in [0.15, 0.2) is 59.2 Å². The standard InChI is InChI=1S/C19H16BrN3O2/c1-12-10-13(20)6-7-16(12)23-18(24)11-22-19(25)15-8-9-21-17-5-3-2-4-14(15)17/h2-10H,11H2,1H3,(H,22,25)(H,23,24). The number of fused-ring (bicyclic) bond motifs is 1. The number of para-hydroxylation sites is 1. The molecule has 2 aromatic carbocycles. The predicted molar refractivity (Wildman–Crippen MR) is 102 cm³/mol. The van der Waals surface area contributed by atoms with Gasteiger partial charge in [0.2, 0.25) is 5.91 Å². The van der Waals surface area contributed by atoms with E-state index in [1.165, 1.54) is 0 Å². The molecule has 0 saturated heterocycles. The summed E-state index contributed by atoms with van der Waals surface area (Å²) in [5.41, 5.74) is 2.90. The van der Waals surface area contributed by atoms with Gasteiger partial charge in [0.15, 0.2) is 0 Å². The van der Waals surface area contributed by atoms with Crippen LogP contribution in [0.3, 0.4) is 0 Å². The summed E-state index contributed by atoms with van der Waals surface area (Å²) in [4.78, 5) is 28.7. The molecule has 25 heavy (non-hydrogen) atoms. The molecular formula is C19H16BrN3O2. The molecule has 0 atom stereocenters. The van der Waals surface area contributed by atoms with Crippen molar-refractivity contribution in [1.82, 2.24) is 10.3 Å². The van der Waals surface area contributed by atoms with Crippen LogP contribution in [0.4, 0.5) is 5.69 Å². The van der Waals surface area contributed by atoms with Gasteiger partial charge in [-0.2, -0.15) is 0 Å². The third-order valence-corrected chi connectivity index (χ3v) is 4.26. The molecule has 2 amide bonds. The van der Waals surface area contributed by atoms with Crippen molar-refractivity contribution in [2.75, 3.05) is 11.9 Å². The molecule has 0 saturated carbocycles. The molecule has 126 valence electrons. The number of carbonyl (C=O) groups is 2. The smallest absolute Gasteiger partial charge is 0.252 e. The molecule has 1 aromatic heterocycles. The third-order valence-electron chi connectivity index (χ3n) is 3.77. The molecule has 0 bridgehead atoms. The molecule has 0 aliphatic heterocycles. The molecule has 3 rings (SSSR count). The molecule has 0 spiro atoms.